The minimum atomic E-state index is -3.49. The van der Waals surface area contributed by atoms with Gasteiger partial charge in [0.2, 0.25) is 10.0 Å². The normalized spacial score (nSPS) is 13.4. The van der Waals surface area contributed by atoms with Crippen LogP contribution in [0.2, 0.25) is 0 Å². The Kier molecular flexibility index (Phi) is 4.62. The number of halogens is 1. The molecule has 20 heavy (non-hydrogen) atoms. The van der Waals surface area contributed by atoms with E-state index in [1.807, 2.05) is 37.3 Å². The SMILES string of the molecule is CC(c1ccccc1)N(C)S(=O)(=O)c1ccc(Br)cc1. The highest BCUT2D eigenvalue weighted by Crippen LogP contribution is 2.26. The minimum Gasteiger partial charge on any atom is -0.207 e. The van der Waals surface area contributed by atoms with Crippen LogP contribution >= 0.6 is 15.9 Å². The van der Waals surface area contributed by atoms with Crippen LogP contribution in [0.15, 0.2) is 64.0 Å². The van der Waals surface area contributed by atoms with Gasteiger partial charge in [-0.25, -0.2) is 8.42 Å². The largest absolute Gasteiger partial charge is 0.243 e. The van der Waals surface area contributed by atoms with Gasteiger partial charge in [0.1, 0.15) is 0 Å². The molecule has 0 aromatic heterocycles. The van der Waals surface area contributed by atoms with Crippen LogP contribution < -0.4 is 0 Å². The molecule has 0 fully saturated rings. The topological polar surface area (TPSA) is 37.4 Å². The molecule has 0 heterocycles. The van der Waals surface area contributed by atoms with E-state index in [0.717, 1.165) is 10.0 Å². The number of rotatable bonds is 4. The smallest absolute Gasteiger partial charge is 0.207 e. The minimum absolute atomic E-state index is 0.218. The van der Waals surface area contributed by atoms with Crippen LogP contribution in [-0.2, 0) is 10.0 Å². The maximum atomic E-state index is 12.6. The summed E-state index contributed by atoms with van der Waals surface area (Å²) in [4.78, 5) is 0.297. The Balaban J connectivity index is 2.32. The highest BCUT2D eigenvalue weighted by molar-refractivity contribution is 9.10. The lowest BCUT2D eigenvalue weighted by Gasteiger charge is -2.24. The molecule has 2 aromatic carbocycles. The third-order valence-corrected chi connectivity index (χ3v) is 5.79. The van der Waals surface area contributed by atoms with Gasteiger partial charge in [-0.2, -0.15) is 4.31 Å². The number of sulfonamides is 1. The van der Waals surface area contributed by atoms with E-state index in [4.69, 9.17) is 0 Å². The van der Waals surface area contributed by atoms with E-state index < -0.39 is 10.0 Å². The molecule has 0 saturated carbocycles. The monoisotopic (exact) mass is 353 g/mol. The second-order valence-electron chi connectivity index (χ2n) is 4.56. The summed E-state index contributed by atoms with van der Waals surface area (Å²) in [5, 5.41) is 0. The van der Waals surface area contributed by atoms with E-state index in [2.05, 4.69) is 15.9 Å². The molecular formula is C15H16BrNO2S. The summed E-state index contributed by atoms with van der Waals surface area (Å²) >= 11 is 3.31. The van der Waals surface area contributed by atoms with Crippen molar-refractivity contribution in [3.05, 3.63) is 64.6 Å². The van der Waals surface area contributed by atoms with Gasteiger partial charge >= 0.3 is 0 Å². The molecule has 1 unspecified atom stereocenters. The lowest BCUT2D eigenvalue weighted by molar-refractivity contribution is 0.398. The fourth-order valence-corrected chi connectivity index (χ4v) is 3.54. The van der Waals surface area contributed by atoms with Crippen molar-refractivity contribution in [2.24, 2.45) is 0 Å². The zero-order chi connectivity index (χ0) is 14.8. The Bertz CT molecular complexity index is 669. The first kappa shape index (κ1) is 15.2. The first-order chi connectivity index (χ1) is 9.43. The molecule has 0 aliphatic carbocycles. The van der Waals surface area contributed by atoms with Crippen LogP contribution in [0.25, 0.3) is 0 Å². The van der Waals surface area contributed by atoms with Crippen LogP contribution in [-0.4, -0.2) is 19.8 Å². The summed E-state index contributed by atoms with van der Waals surface area (Å²) in [5.41, 5.74) is 0.968. The highest BCUT2D eigenvalue weighted by Gasteiger charge is 2.25. The first-order valence-electron chi connectivity index (χ1n) is 6.21. The van der Waals surface area contributed by atoms with Gasteiger partial charge in [-0.1, -0.05) is 46.3 Å². The predicted octanol–water partition coefficient (Wildman–Crippen LogP) is 3.83. The molecular weight excluding hydrogens is 338 g/mol. The molecule has 0 amide bonds. The molecule has 2 rings (SSSR count). The van der Waals surface area contributed by atoms with Gasteiger partial charge < -0.3 is 0 Å². The predicted molar refractivity (Wildman–Crippen MR) is 83.9 cm³/mol. The summed E-state index contributed by atoms with van der Waals surface area (Å²) in [5.74, 6) is 0. The first-order valence-corrected chi connectivity index (χ1v) is 8.45. The average molecular weight is 354 g/mol. The number of nitrogens with zero attached hydrogens (tertiary/aromatic N) is 1. The Hall–Kier alpha value is -1.17. The van der Waals surface area contributed by atoms with Crippen molar-refractivity contribution in [2.75, 3.05) is 7.05 Å². The Morgan fingerprint density at radius 1 is 1.00 bits per heavy atom. The fraction of sp³-hybridized carbons (Fsp3) is 0.200. The standard InChI is InChI=1S/C15H16BrNO2S/c1-12(13-6-4-3-5-7-13)17(2)20(18,19)15-10-8-14(16)9-11-15/h3-12H,1-2H3. The summed E-state index contributed by atoms with van der Waals surface area (Å²) in [7, 11) is -1.88. The van der Waals surface area contributed by atoms with Gasteiger partial charge in [-0.15, -0.1) is 0 Å². The van der Waals surface area contributed by atoms with E-state index in [1.54, 1.807) is 31.3 Å². The van der Waals surface area contributed by atoms with Gasteiger partial charge in [0, 0.05) is 17.6 Å². The number of hydrogen-bond donors (Lipinski definition) is 0. The Labute approximate surface area is 128 Å². The Morgan fingerprint density at radius 2 is 1.55 bits per heavy atom. The zero-order valence-electron chi connectivity index (χ0n) is 11.3. The quantitative estimate of drug-likeness (QED) is 0.837. The molecule has 3 nitrogen and oxygen atoms in total. The lowest BCUT2D eigenvalue weighted by Crippen LogP contribution is -2.29. The molecule has 0 aliphatic rings. The lowest BCUT2D eigenvalue weighted by atomic mass is 10.1. The van der Waals surface area contributed by atoms with Crippen LogP contribution in [0.5, 0.6) is 0 Å². The van der Waals surface area contributed by atoms with Crippen LogP contribution in [0.3, 0.4) is 0 Å². The van der Waals surface area contributed by atoms with Crippen molar-refractivity contribution in [1.29, 1.82) is 0 Å². The summed E-state index contributed by atoms with van der Waals surface area (Å²) in [6.45, 7) is 1.88. The van der Waals surface area contributed by atoms with Crippen molar-refractivity contribution >= 4 is 26.0 Å². The van der Waals surface area contributed by atoms with Crippen molar-refractivity contribution in [3.8, 4) is 0 Å². The van der Waals surface area contributed by atoms with Gasteiger partial charge in [0.05, 0.1) is 4.90 Å². The van der Waals surface area contributed by atoms with Crippen molar-refractivity contribution in [1.82, 2.24) is 4.31 Å². The maximum Gasteiger partial charge on any atom is 0.243 e. The van der Waals surface area contributed by atoms with E-state index in [-0.39, 0.29) is 6.04 Å². The van der Waals surface area contributed by atoms with Crippen LogP contribution in [0, 0.1) is 0 Å². The van der Waals surface area contributed by atoms with Gasteiger partial charge in [-0.05, 0) is 36.8 Å². The van der Waals surface area contributed by atoms with Crippen molar-refractivity contribution < 1.29 is 8.42 Å². The van der Waals surface area contributed by atoms with E-state index >= 15 is 0 Å². The zero-order valence-corrected chi connectivity index (χ0v) is 13.7. The van der Waals surface area contributed by atoms with E-state index in [9.17, 15) is 8.42 Å². The molecule has 0 saturated heterocycles. The molecule has 0 radical (unpaired) electrons. The van der Waals surface area contributed by atoms with Gasteiger partial charge in [0.25, 0.3) is 0 Å². The van der Waals surface area contributed by atoms with Crippen LogP contribution in [0.1, 0.15) is 18.5 Å². The third-order valence-electron chi connectivity index (χ3n) is 3.32. The Morgan fingerprint density at radius 3 is 2.10 bits per heavy atom. The average Bonchev–Trinajstić information content (AvgIpc) is 2.47. The molecule has 0 bridgehead atoms. The molecule has 106 valence electrons. The van der Waals surface area contributed by atoms with E-state index in [1.165, 1.54) is 4.31 Å². The number of hydrogen-bond acceptors (Lipinski definition) is 2. The fourth-order valence-electron chi connectivity index (χ4n) is 1.92. The highest BCUT2D eigenvalue weighted by atomic mass is 79.9. The number of benzene rings is 2. The van der Waals surface area contributed by atoms with Crippen molar-refractivity contribution in [2.45, 2.75) is 17.9 Å². The second-order valence-corrected chi connectivity index (χ2v) is 7.48. The second kappa shape index (κ2) is 6.08. The molecule has 0 aliphatic heterocycles. The maximum absolute atomic E-state index is 12.6. The molecule has 0 spiro atoms. The summed E-state index contributed by atoms with van der Waals surface area (Å²) in [6, 6.07) is 16.0. The van der Waals surface area contributed by atoms with E-state index in [0.29, 0.717) is 4.90 Å². The summed E-state index contributed by atoms with van der Waals surface area (Å²) < 4.78 is 27.4. The molecule has 5 heteroatoms. The van der Waals surface area contributed by atoms with Gasteiger partial charge in [0.15, 0.2) is 0 Å². The third kappa shape index (κ3) is 3.11. The van der Waals surface area contributed by atoms with Crippen molar-refractivity contribution in [3.63, 3.8) is 0 Å². The molecule has 1 atom stereocenters. The van der Waals surface area contributed by atoms with Crippen LogP contribution in [0.4, 0.5) is 0 Å². The molecule has 0 N–H and O–H groups in total. The molecule has 2 aromatic rings. The van der Waals surface area contributed by atoms with Gasteiger partial charge in [-0.3, -0.25) is 0 Å². The summed E-state index contributed by atoms with van der Waals surface area (Å²) in [6.07, 6.45) is 0.